The highest BCUT2D eigenvalue weighted by Gasteiger charge is 2.28. The highest BCUT2D eigenvalue weighted by Crippen LogP contribution is 2.30. The van der Waals surface area contributed by atoms with Gasteiger partial charge in [-0.2, -0.15) is 0 Å². The van der Waals surface area contributed by atoms with Gasteiger partial charge < -0.3 is 4.90 Å². The number of piperazine rings is 1. The van der Waals surface area contributed by atoms with E-state index in [0.29, 0.717) is 30.8 Å². The van der Waals surface area contributed by atoms with Gasteiger partial charge >= 0.3 is 0 Å². The molecule has 36 heavy (non-hydrogen) atoms. The van der Waals surface area contributed by atoms with Gasteiger partial charge in [0.15, 0.2) is 0 Å². The van der Waals surface area contributed by atoms with Gasteiger partial charge in [0.1, 0.15) is 10.2 Å². The molecular formula is C29H28FN3OS2. The van der Waals surface area contributed by atoms with Crippen LogP contribution in [0, 0.1) is 5.82 Å². The Morgan fingerprint density at radius 1 is 0.889 bits per heavy atom. The summed E-state index contributed by atoms with van der Waals surface area (Å²) in [6.45, 7) is 3.05. The van der Waals surface area contributed by atoms with Gasteiger partial charge in [0.25, 0.3) is 0 Å². The highest BCUT2D eigenvalue weighted by molar-refractivity contribution is 8.00. The number of rotatable bonds is 8. The third-order valence-corrected chi connectivity index (χ3v) is 8.55. The molecule has 0 unspecified atom stereocenters. The average Bonchev–Trinajstić information content (AvgIpc) is 3.37. The molecule has 4 aromatic rings. The Kier molecular flexibility index (Phi) is 8.11. The summed E-state index contributed by atoms with van der Waals surface area (Å²) in [4.78, 5) is 22.1. The number of halogens is 1. The number of aromatic nitrogens is 1. The summed E-state index contributed by atoms with van der Waals surface area (Å²) < 4.78 is 14.7. The Morgan fingerprint density at radius 2 is 1.50 bits per heavy atom. The molecule has 0 atom stereocenters. The SMILES string of the molecule is O=C(Cc1csc(SCc2ccccc2F)n1)N1CCN(C(c2ccccc2)c2ccccc2)CC1. The van der Waals surface area contributed by atoms with Gasteiger partial charge in [0.05, 0.1) is 18.2 Å². The van der Waals surface area contributed by atoms with Crippen LogP contribution in [0.1, 0.15) is 28.4 Å². The number of thioether (sulfide) groups is 1. The Labute approximate surface area is 219 Å². The van der Waals surface area contributed by atoms with Crippen LogP contribution in [0.25, 0.3) is 0 Å². The van der Waals surface area contributed by atoms with Crippen molar-refractivity contribution in [3.8, 4) is 0 Å². The monoisotopic (exact) mass is 517 g/mol. The lowest BCUT2D eigenvalue weighted by Crippen LogP contribution is -2.50. The van der Waals surface area contributed by atoms with E-state index in [9.17, 15) is 9.18 Å². The Balaban J connectivity index is 1.17. The van der Waals surface area contributed by atoms with E-state index >= 15 is 0 Å². The molecule has 0 spiro atoms. The maximum Gasteiger partial charge on any atom is 0.228 e. The van der Waals surface area contributed by atoms with Crippen molar-refractivity contribution in [2.75, 3.05) is 26.2 Å². The van der Waals surface area contributed by atoms with E-state index in [-0.39, 0.29) is 17.8 Å². The number of carbonyl (C=O) groups is 1. The first-order valence-corrected chi connectivity index (χ1v) is 14.0. The van der Waals surface area contributed by atoms with E-state index in [1.807, 2.05) is 28.5 Å². The average molecular weight is 518 g/mol. The summed E-state index contributed by atoms with van der Waals surface area (Å²) >= 11 is 3.02. The molecular weight excluding hydrogens is 489 g/mol. The predicted octanol–water partition coefficient (Wildman–Crippen LogP) is 6.05. The number of amides is 1. The third kappa shape index (κ3) is 6.03. The molecule has 1 aromatic heterocycles. The van der Waals surface area contributed by atoms with Gasteiger partial charge in [-0.1, -0.05) is 90.6 Å². The summed E-state index contributed by atoms with van der Waals surface area (Å²) in [7, 11) is 0. The Bertz CT molecular complexity index is 1230. The minimum atomic E-state index is -0.196. The quantitative estimate of drug-likeness (QED) is 0.267. The molecule has 184 valence electrons. The number of hydrogen-bond donors (Lipinski definition) is 0. The molecule has 0 bridgehead atoms. The number of hydrogen-bond acceptors (Lipinski definition) is 5. The maximum atomic E-state index is 13.9. The minimum Gasteiger partial charge on any atom is -0.340 e. The van der Waals surface area contributed by atoms with E-state index in [1.165, 1.54) is 40.3 Å². The van der Waals surface area contributed by atoms with Gasteiger partial charge in [0.2, 0.25) is 5.91 Å². The number of nitrogens with zero attached hydrogens (tertiary/aromatic N) is 3. The fraction of sp³-hybridized carbons (Fsp3) is 0.241. The van der Waals surface area contributed by atoms with Crippen molar-refractivity contribution in [1.82, 2.24) is 14.8 Å². The minimum absolute atomic E-state index is 0.113. The Hall–Kier alpha value is -3.00. The van der Waals surface area contributed by atoms with Crippen LogP contribution in [-0.2, 0) is 17.0 Å². The molecule has 1 fully saturated rings. The van der Waals surface area contributed by atoms with Gasteiger partial charge in [0, 0.05) is 37.3 Å². The maximum absolute atomic E-state index is 13.9. The van der Waals surface area contributed by atoms with E-state index < -0.39 is 0 Å². The van der Waals surface area contributed by atoms with Crippen molar-refractivity contribution in [3.05, 3.63) is 119 Å². The van der Waals surface area contributed by atoms with Crippen LogP contribution >= 0.6 is 23.1 Å². The molecule has 5 rings (SSSR count). The van der Waals surface area contributed by atoms with Crippen LogP contribution in [0.5, 0.6) is 0 Å². The van der Waals surface area contributed by atoms with Crippen LogP contribution in [0.15, 0.2) is 94.6 Å². The number of carbonyl (C=O) groups excluding carboxylic acids is 1. The standard InChI is InChI=1S/C29H28FN3OS2/c30-26-14-8-7-13-24(26)20-35-29-31-25(21-36-29)19-27(34)32-15-17-33(18-16-32)28(22-9-3-1-4-10-22)23-11-5-2-6-12-23/h1-14,21,28H,15-20H2. The van der Waals surface area contributed by atoms with Crippen molar-refractivity contribution in [1.29, 1.82) is 0 Å². The van der Waals surface area contributed by atoms with Crippen LogP contribution in [0.2, 0.25) is 0 Å². The first kappa shape index (κ1) is 24.7. The molecule has 0 N–H and O–H groups in total. The van der Waals surface area contributed by atoms with Crippen LogP contribution in [0.4, 0.5) is 4.39 Å². The lowest BCUT2D eigenvalue weighted by Gasteiger charge is -2.39. The summed E-state index contributed by atoms with van der Waals surface area (Å²) in [6, 6.07) is 28.1. The zero-order valence-corrected chi connectivity index (χ0v) is 21.6. The molecule has 1 saturated heterocycles. The van der Waals surface area contributed by atoms with Crippen molar-refractivity contribution < 1.29 is 9.18 Å². The van der Waals surface area contributed by atoms with E-state index in [4.69, 9.17) is 0 Å². The first-order chi connectivity index (χ1) is 17.7. The number of benzene rings is 3. The molecule has 7 heteroatoms. The first-order valence-electron chi connectivity index (χ1n) is 12.1. The lowest BCUT2D eigenvalue weighted by atomic mass is 9.96. The second-order valence-corrected chi connectivity index (χ2v) is 10.9. The van der Waals surface area contributed by atoms with E-state index in [0.717, 1.165) is 23.1 Å². The Morgan fingerprint density at radius 3 is 2.14 bits per heavy atom. The topological polar surface area (TPSA) is 36.4 Å². The fourth-order valence-electron chi connectivity index (χ4n) is 4.57. The van der Waals surface area contributed by atoms with Crippen LogP contribution in [-0.4, -0.2) is 46.9 Å². The molecule has 1 aliphatic heterocycles. The molecule has 0 aliphatic carbocycles. The van der Waals surface area contributed by atoms with E-state index in [2.05, 4.69) is 58.4 Å². The summed E-state index contributed by atoms with van der Waals surface area (Å²) in [6.07, 6.45) is 0.303. The van der Waals surface area contributed by atoms with Crippen molar-refractivity contribution in [2.24, 2.45) is 0 Å². The van der Waals surface area contributed by atoms with Crippen LogP contribution < -0.4 is 0 Å². The second kappa shape index (κ2) is 11.8. The normalized spacial score (nSPS) is 14.3. The molecule has 3 aromatic carbocycles. The molecule has 1 amide bonds. The molecule has 0 saturated carbocycles. The second-order valence-electron chi connectivity index (χ2n) is 8.80. The fourth-order valence-corrected chi connectivity index (χ4v) is 6.40. The molecule has 1 aliphatic rings. The summed E-state index contributed by atoms with van der Waals surface area (Å²) in [5.74, 6) is 0.443. The summed E-state index contributed by atoms with van der Waals surface area (Å²) in [5.41, 5.74) is 3.99. The smallest absolute Gasteiger partial charge is 0.228 e. The number of thiazole rings is 1. The lowest BCUT2D eigenvalue weighted by molar-refractivity contribution is -0.132. The van der Waals surface area contributed by atoms with Crippen molar-refractivity contribution in [2.45, 2.75) is 22.6 Å². The van der Waals surface area contributed by atoms with Gasteiger partial charge in [-0.15, -0.1) is 11.3 Å². The van der Waals surface area contributed by atoms with E-state index in [1.54, 1.807) is 12.1 Å². The highest BCUT2D eigenvalue weighted by atomic mass is 32.2. The van der Waals surface area contributed by atoms with Crippen molar-refractivity contribution >= 4 is 29.0 Å². The predicted molar refractivity (Wildman–Crippen MR) is 145 cm³/mol. The van der Waals surface area contributed by atoms with Gasteiger partial charge in [-0.05, 0) is 22.8 Å². The largest absolute Gasteiger partial charge is 0.340 e. The van der Waals surface area contributed by atoms with Gasteiger partial charge in [-0.25, -0.2) is 9.37 Å². The molecule has 2 heterocycles. The van der Waals surface area contributed by atoms with Crippen molar-refractivity contribution in [3.63, 3.8) is 0 Å². The third-order valence-electron chi connectivity index (χ3n) is 6.43. The van der Waals surface area contributed by atoms with Crippen LogP contribution in [0.3, 0.4) is 0 Å². The zero-order chi connectivity index (χ0) is 24.7. The zero-order valence-electron chi connectivity index (χ0n) is 19.9. The molecule has 0 radical (unpaired) electrons. The summed E-state index contributed by atoms with van der Waals surface area (Å²) in [5, 5.41) is 1.94. The molecule has 4 nitrogen and oxygen atoms in total. The van der Waals surface area contributed by atoms with Gasteiger partial charge in [-0.3, -0.25) is 9.69 Å².